The van der Waals surface area contributed by atoms with E-state index in [4.69, 9.17) is 19.9 Å². The first-order valence-corrected chi connectivity index (χ1v) is 10.3. The summed E-state index contributed by atoms with van der Waals surface area (Å²) in [6.45, 7) is 8.12. The van der Waals surface area contributed by atoms with Crippen LogP contribution in [-0.4, -0.2) is 56.9 Å². The van der Waals surface area contributed by atoms with Crippen LogP contribution in [-0.2, 0) is 27.3 Å². The lowest BCUT2D eigenvalue weighted by Gasteiger charge is -2.16. The van der Waals surface area contributed by atoms with Gasteiger partial charge in [-0.05, 0) is 32.3 Å². The number of hydrogen-bond donors (Lipinski definition) is 2. The lowest BCUT2D eigenvalue weighted by Crippen LogP contribution is -2.27. The molecule has 0 bridgehead atoms. The van der Waals surface area contributed by atoms with Gasteiger partial charge in [-0.3, -0.25) is 9.69 Å². The van der Waals surface area contributed by atoms with Crippen LogP contribution in [0.15, 0.2) is 11.6 Å². The minimum Gasteiger partial charge on any atom is -0.496 e. The summed E-state index contributed by atoms with van der Waals surface area (Å²) in [6, 6.07) is 0. The molecule has 0 atom stereocenters. The lowest BCUT2D eigenvalue weighted by molar-refractivity contribution is -0.143. The Morgan fingerprint density at radius 2 is 2.17 bits per heavy atom. The number of benzene rings is 1. The Morgan fingerprint density at radius 1 is 1.37 bits per heavy atom. The first-order chi connectivity index (χ1) is 14.4. The molecule has 164 valence electrons. The molecule has 3 rings (SSSR count). The van der Waals surface area contributed by atoms with Crippen LogP contribution in [0.4, 0.5) is 5.69 Å². The van der Waals surface area contributed by atoms with Gasteiger partial charge >= 0.3 is 11.9 Å². The fourth-order valence-corrected chi connectivity index (χ4v) is 3.87. The predicted octanol–water partition coefficient (Wildman–Crippen LogP) is 1.93. The Morgan fingerprint density at radius 3 is 2.87 bits per heavy atom. The van der Waals surface area contributed by atoms with E-state index in [9.17, 15) is 9.59 Å². The fourth-order valence-electron chi connectivity index (χ4n) is 3.87. The Balaban J connectivity index is 1.56. The zero-order valence-corrected chi connectivity index (χ0v) is 18.0. The molecular weight excluding hydrogens is 386 g/mol. The Kier molecular flexibility index (Phi) is 7.33. The maximum atomic E-state index is 12.1. The number of fused-ring (bicyclic) bond motifs is 1. The zero-order chi connectivity index (χ0) is 21.7. The van der Waals surface area contributed by atoms with E-state index in [0.717, 1.165) is 48.6 Å². The fraction of sp³-hybridized carbons (Fsp3) is 0.545. The molecule has 3 N–H and O–H groups in total. The van der Waals surface area contributed by atoms with Crippen molar-refractivity contribution in [1.82, 2.24) is 10.2 Å². The van der Waals surface area contributed by atoms with Gasteiger partial charge in [0, 0.05) is 43.9 Å². The molecule has 1 fully saturated rings. The van der Waals surface area contributed by atoms with E-state index in [-0.39, 0.29) is 18.5 Å². The molecule has 0 aliphatic carbocycles. The minimum atomic E-state index is -0.386. The minimum absolute atomic E-state index is 0.192. The number of esters is 2. The van der Waals surface area contributed by atoms with Gasteiger partial charge in [0.25, 0.3) is 0 Å². The van der Waals surface area contributed by atoms with Crippen LogP contribution in [0.2, 0.25) is 0 Å². The summed E-state index contributed by atoms with van der Waals surface area (Å²) in [6.07, 6.45) is 3.48. The lowest BCUT2D eigenvalue weighted by atomic mass is 9.94. The van der Waals surface area contributed by atoms with E-state index in [0.29, 0.717) is 42.9 Å². The molecule has 0 amide bonds. The van der Waals surface area contributed by atoms with Crippen molar-refractivity contribution < 1.29 is 23.8 Å². The average Bonchev–Trinajstić information content (AvgIpc) is 3.38. The maximum Gasteiger partial charge on any atom is 0.341 e. The van der Waals surface area contributed by atoms with Crippen LogP contribution >= 0.6 is 0 Å². The molecule has 8 heteroatoms. The quantitative estimate of drug-likeness (QED) is 0.357. The highest BCUT2D eigenvalue weighted by Crippen LogP contribution is 2.39. The normalized spacial score (nSPS) is 16.5. The summed E-state index contributed by atoms with van der Waals surface area (Å²) in [5.74, 6) is 0.107. The van der Waals surface area contributed by atoms with Gasteiger partial charge in [0.1, 0.15) is 19.0 Å². The van der Waals surface area contributed by atoms with Crippen molar-refractivity contribution in [3.05, 3.63) is 33.9 Å². The topological polar surface area (TPSA) is 103 Å². The first kappa shape index (κ1) is 22.1. The number of ether oxygens (including phenoxy) is 3. The number of allylic oxidation sites excluding steroid dienone is 2. The van der Waals surface area contributed by atoms with Crippen LogP contribution in [0.3, 0.4) is 0 Å². The number of anilines is 1. The molecule has 1 aromatic carbocycles. The summed E-state index contributed by atoms with van der Waals surface area (Å²) < 4.78 is 16.0. The van der Waals surface area contributed by atoms with Crippen LogP contribution in [0, 0.1) is 6.92 Å². The van der Waals surface area contributed by atoms with Gasteiger partial charge in [-0.15, -0.1) is 0 Å². The molecule has 2 aliphatic rings. The predicted molar refractivity (Wildman–Crippen MR) is 113 cm³/mol. The average molecular weight is 418 g/mol. The number of cyclic esters (lactones) is 1. The third kappa shape index (κ3) is 4.94. The standard InChI is InChI=1S/C22H31N3O5/c1-14(5-7-18(26)29-11-10-25-9-8-24-13-25)4-6-16-20(23)19-17(12-30-22(19)27)15(2)21(16)28-3/h4,24H,5-13,23H2,1-3H3/b14-4+. The van der Waals surface area contributed by atoms with Gasteiger partial charge in [0.05, 0.1) is 18.4 Å². The summed E-state index contributed by atoms with van der Waals surface area (Å²) in [5, 5.41) is 3.24. The molecule has 8 nitrogen and oxygen atoms in total. The van der Waals surface area contributed by atoms with E-state index in [1.807, 2.05) is 19.9 Å². The number of methoxy groups -OCH3 is 1. The Labute approximate surface area is 177 Å². The monoisotopic (exact) mass is 417 g/mol. The Bertz CT molecular complexity index is 844. The van der Waals surface area contributed by atoms with Gasteiger partial charge in [-0.25, -0.2) is 4.79 Å². The SMILES string of the molecule is COc1c(C)c2c(c(N)c1C/C=C(\C)CCC(=O)OCCN1CCNC1)C(=O)OC2. The molecule has 0 spiro atoms. The molecule has 2 aliphatic heterocycles. The van der Waals surface area contributed by atoms with Gasteiger partial charge in [-0.1, -0.05) is 11.6 Å². The van der Waals surface area contributed by atoms with Crippen molar-refractivity contribution in [3.63, 3.8) is 0 Å². The number of rotatable bonds is 9. The van der Waals surface area contributed by atoms with Gasteiger partial charge < -0.3 is 25.3 Å². The molecular formula is C22H31N3O5. The highest BCUT2D eigenvalue weighted by atomic mass is 16.5. The summed E-state index contributed by atoms with van der Waals surface area (Å²) >= 11 is 0. The molecule has 0 saturated carbocycles. The molecule has 1 saturated heterocycles. The number of nitrogens with two attached hydrogens (primary N) is 1. The van der Waals surface area contributed by atoms with Gasteiger partial charge in [0.2, 0.25) is 0 Å². The molecule has 0 radical (unpaired) electrons. The summed E-state index contributed by atoms with van der Waals surface area (Å²) in [5.41, 5.74) is 10.7. The van der Waals surface area contributed by atoms with Crippen molar-refractivity contribution in [2.24, 2.45) is 0 Å². The smallest absolute Gasteiger partial charge is 0.341 e. The van der Waals surface area contributed by atoms with Gasteiger partial charge in [-0.2, -0.15) is 0 Å². The van der Waals surface area contributed by atoms with Crippen molar-refractivity contribution >= 4 is 17.6 Å². The number of nitrogens with one attached hydrogen (secondary N) is 1. The maximum absolute atomic E-state index is 12.1. The van der Waals surface area contributed by atoms with Crippen molar-refractivity contribution in [2.45, 2.75) is 39.7 Å². The van der Waals surface area contributed by atoms with Crippen molar-refractivity contribution in [2.75, 3.05) is 45.8 Å². The van der Waals surface area contributed by atoms with E-state index in [1.54, 1.807) is 7.11 Å². The number of nitrogens with zero attached hydrogens (tertiary/aromatic N) is 1. The van der Waals surface area contributed by atoms with E-state index >= 15 is 0 Å². The largest absolute Gasteiger partial charge is 0.496 e. The summed E-state index contributed by atoms with van der Waals surface area (Å²) in [4.78, 5) is 26.3. The van der Waals surface area contributed by atoms with Crippen LogP contribution in [0.5, 0.6) is 5.75 Å². The molecule has 30 heavy (non-hydrogen) atoms. The second kappa shape index (κ2) is 9.95. The highest BCUT2D eigenvalue weighted by molar-refractivity contribution is 6.00. The van der Waals surface area contributed by atoms with Gasteiger partial charge in [0.15, 0.2) is 0 Å². The number of nitrogen functional groups attached to an aromatic ring is 1. The highest BCUT2D eigenvalue weighted by Gasteiger charge is 2.30. The molecule has 0 aromatic heterocycles. The third-order valence-corrected chi connectivity index (χ3v) is 5.71. The third-order valence-electron chi connectivity index (χ3n) is 5.71. The van der Waals surface area contributed by atoms with Crippen molar-refractivity contribution in [3.8, 4) is 5.75 Å². The van der Waals surface area contributed by atoms with Crippen LogP contribution in [0.1, 0.15) is 46.8 Å². The molecule has 2 heterocycles. The van der Waals surface area contributed by atoms with Crippen LogP contribution < -0.4 is 15.8 Å². The summed E-state index contributed by atoms with van der Waals surface area (Å²) in [7, 11) is 1.60. The van der Waals surface area contributed by atoms with E-state index in [2.05, 4.69) is 10.2 Å². The van der Waals surface area contributed by atoms with Crippen molar-refractivity contribution in [1.29, 1.82) is 0 Å². The molecule has 1 aromatic rings. The zero-order valence-electron chi connectivity index (χ0n) is 18.0. The number of carbonyl (C=O) groups excluding carboxylic acids is 2. The van der Waals surface area contributed by atoms with E-state index in [1.165, 1.54) is 0 Å². The van der Waals surface area contributed by atoms with Crippen LogP contribution in [0.25, 0.3) is 0 Å². The molecule has 0 unspecified atom stereocenters. The second-order valence-electron chi connectivity index (χ2n) is 7.73. The number of hydrogen-bond acceptors (Lipinski definition) is 8. The second-order valence-corrected chi connectivity index (χ2v) is 7.73. The number of carbonyl (C=O) groups is 2. The Hall–Kier alpha value is -2.58. The first-order valence-electron chi connectivity index (χ1n) is 10.3. The van der Waals surface area contributed by atoms with E-state index < -0.39 is 0 Å².